The quantitative estimate of drug-likeness (QED) is 0.822. The van der Waals surface area contributed by atoms with Gasteiger partial charge in [-0.1, -0.05) is 12.1 Å². The van der Waals surface area contributed by atoms with Gasteiger partial charge in [0.2, 0.25) is 5.91 Å². The van der Waals surface area contributed by atoms with Gasteiger partial charge in [0.05, 0.1) is 24.0 Å². The van der Waals surface area contributed by atoms with Gasteiger partial charge in [-0.2, -0.15) is 0 Å². The van der Waals surface area contributed by atoms with Gasteiger partial charge in [0, 0.05) is 5.92 Å². The smallest absolute Gasteiger partial charge is 0.305 e. The van der Waals surface area contributed by atoms with Crippen molar-refractivity contribution >= 4 is 21.7 Å². The Bertz CT molecular complexity index is 776. The molecule has 1 heterocycles. The third kappa shape index (κ3) is 4.00. The topological polar surface area (TPSA) is 101 Å². The summed E-state index contributed by atoms with van der Waals surface area (Å²) in [4.78, 5) is 23.6. The molecular formula is C17H20FNO5S. The van der Waals surface area contributed by atoms with E-state index in [1.54, 1.807) is 0 Å². The molecule has 136 valence electrons. The predicted molar refractivity (Wildman–Crippen MR) is 88.0 cm³/mol. The summed E-state index contributed by atoms with van der Waals surface area (Å²) in [6.07, 6.45) is 1.30. The Morgan fingerprint density at radius 1 is 1.24 bits per heavy atom. The summed E-state index contributed by atoms with van der Waals surface area (Å²) in [7, 11) is -2.99. The standard InChI is InChI=1S/C17H20FNO5S/c18-12-3-1-11(2-4-12)14(9-15(20)21)19-16(22)13-10-17(13)5-7-25(23,24)8-6-17/h1-4,13-14H,5-10H2,(H,19,22)(H,20,21). The van der Waals surface area contributed by atoms with Gasteiger partial charge in [0.25, 0.3) is 0 Å². The maximum Gasteiger partial charge on any atom is 0.305 e. The van der Waals surface area contributed by atoms with Crippen LogP contribution in [0.1, 0.15) is 37.3 Å². The van der Waals surface area contributed by atoms with Crippen molar-refractivity contribution in [2.75, 3.05) is 11.5 Å². The Morgan fingerprint density at radius 2 is 1.84 bits per heavy atom. The van der Waals surface area contributed by atoms with Crippen LogP contribution in [0, 0.1) is 17.2 Å². The van der Waals surface area contributed by atoms with E-state index in [-0.39, 0.29) is 35.2 Å². The van der Waals surface area contributed by atoms with E-state index in [2.05, 4.69) is 5.32 Å². The number of benzene rings is 1. The summed E-state index contributed by atoms with van der Waals surface area (Å²) in [6.45, 7) is 0. The Labute approximate surface area is 145 Å². The van der Waals surface area contributed by atoms with Crippen LogP contribution < -0.4 is 5.32 Å². The molecule has 2 unspecified atom stereocenters. The van der Waals surface area contributed by atoms with Crippen molar-refractivity contribution < 1.29 is 27.5 Å². The zero-order valence-corrected chi connectivity index (χ0v) is 14.4. The fourth-order valence-electron chi connectivity index (χ4n) is 3.61. The second-order valence-corrected chi connectivity index (χ2v) is 9.29. The zero-order valence-electron chi connectivity index (χ0n) is 13.6. The number of rotatable bonds is 5. The van der Waals surface area contributed by atoms with Crippen LogP contribution in [0.15, 0.2) is 24.3 Å². The SMILES string of the molecule is O=C(O)CC(NC(=O)C1CC12CCS(=O)(=O)CC2)c1ccc(F)cc1. The number of carbonyl (C=O) groups excluding carboxylic acids is 1. The summed E-state index contributed by atoms with van der Waals surface area (Å²) < 4.78 is 36.2. The summed E-state index contributed by atoms with van der Waals surface area (Å²) in [5.74, 6) is -1.83. The highest BCUT2D eigenvalue weighted by Crippen LogP contribution is 2.59. The molecule has 3 rings (SSSR count). The van der Waals surface area contributed by atoms with Crippen LogP contribution in [0.2, 0.25) is 0 Å². The number of hydrogen-bond acceptors (Lipinski definition) is 4. The number of carboxylic acid groups (broad SMARTS) is 1. The normalized spacial score (nSPS) is 24.4. The molecule has 1 aliphatic carbocycles. The molecule has 2 aliphatic rings. The molecule has 2 N–H and O–H groups in total. The van der Waals surface area contributed by atoms with Gasteiger partial charge < -0.3 is 10.4 Å². The highest BCUT2D eigenvalue weighted by molar-refractivity contribution is 7.91. The van der Waals surface area contributed by atoms with Crippen molar-refractivity contribution in [2.45, 2.75) is 31.7 Å². The van der Waals surface area contributed by atoms with E-state index >= 15 is 0 Å². The van der Waals surface area contributed by atoms with E-state index in [1.807, 2.05) is 0 Å². The van der Waals surface area contributed by atoms with Crippen LogP contribution in [0.5, 0.6) is 0 Å². The molecule has 2 fully saturated rings. The first kappa shape index (κ1) is 17.8. The van der Waals surface area contributed by atoms with Gasteiger partial charge in [-0.3, -0.25) is 9.59 Å². The van der Waals surface area contributed by atoms with E-state index in [4.69, 9.17) is 5.11 Å². The number of hydrogen-bond donors (Lipinski definition) is 2. The molecule has 1 saturated heterocycles. The molecular weight excluding hydrogens is 349 g/mol. The Balaban J connectivity index is 1.67. The first-order chi connectivity index (χ1) is 11.7. The molecule has 0 aromatic heterocycles. The molecule has 1 aromatic carbocycles. The number of aliphatic carboxylic acids is 1. The molecule has 0 bridgehead atoms. The van der Waals surface area contributed by atoms with E-state index in [0.29, 0.717) is 24.8 Å². The molecule has 0 radical (unpaired) electrons. The van der Waals surface area contributed by atoms with Gasteiger partial charge in [-0.25, -0.2) is 12.8 Å². The maximum atomic E-state index is 13.1. The summed E-state index contributed by atoms with van der Waals surface area (Å²) in [5, 5.41) is 11.8. The van der Waals surface area contributed by atoms with E-state index in [9.17, 15) is 22.4 Å². The fraction of sp³-hybridized carbons (Fsp3) is 0.529. The lowest BCUT2D eigenvalue weighted by atomic mass is 9.95. The van der Waals surface area contributed by atoms with Crippen LogP contribution in [0.4, 0.5) is 4.39 Å². The lowest BCUT2D eigenvalue weighted by Crippen LogP contribution is -2.34. The van der Waals surface area contributed by atoms with Crippen molar-refractivity contribution in [3.63, 3.8) is 0 Å². The van der Waals surface area contributed by atoms with Gasteiger partial charge in [-0.05, 0) is 42.4 Å². The third-order valence-electron chi connectivity index (χ3n) is 5.30. The second kappa shape index (κ2) is 6.40. The van der Waals surface area contributed by atoms with Crippen LogP contribution >= 0.6 is 0 Å². The van der Waals surface area contributed by atoms with E-state index < -0.39 is 27.7 Å². The minimum absolute atomic E-state index is 0.104. The van der Waals surface area contributed by atoms with Gasteiger partial charge >= 0.3 is 5.97 Å². The third-order valence-corrected chi connectivity index (χ3v) is 6.95. The van der Waals surface area contributed by atoms with Gasteiger partial charge in [0.1, 0.15) is 15.7 Å². The molecule has 1 amide bonds. The molecule has 1 aromatic rings. The maximum absolute atomic E-state index is 13.1. The predicted octanol–water partition coefficient (Wildman–Crippen LogP) is 1.67. The Morgan fingerprint density at radius 3 is 2.40 bits per heavy atom. The number of sulfone groups is 1. The van der Waals surface area contributed by atoms with Crippen LogP contribution in [0.3, 0.4) is 0 Å². The van der Waals surface area contributed by atoms with Crippen molar-refractivity contribution in [1.82, 2.24) is 5.32 Å². The molecule has 1 spiro atoms. The molecule has 1 aliphatic heterocycles. The minimum Gasteiger partial charge on any atom is -0.481 e. The van der Waals surface area contributed by atoms with Crippen LogP contribution in [-0.4, -0.2) is 36.9 Å². The summed E-state index contributed by atoms with van der Waals surface area (Å²) in [5.41, 5.74) is 0.268. The van der Waals surface area contributed by atoms with Gasteiger partial charge in [0.15, 0.2) is 0 Å². The highest BCUT2D eigenvalue weighted by atomic mass is 32.2. The molecule has 2 atom stereocenters. The van der Waals surface area contributed by atoms with Crippen molar-refractivity contribution in [3.8, 4) is 0 Å². The highest BCUT2D eigenvalue weighted by Gasteiger charge is 2.59. The lowest BCUT2D eigenvalue weighted by Gasteiger charge is -2.23. The molecule has 8 heteroatoms. The monoisotopic (exact) mass is 369 g/mol. The Kier molecular flexibility index (Phi) is 4.57. The molecule has 1 saturated carbocycles. The average molecular weight is 369 g/mol. The second-order valence-electron chi connectivity index (χ2n) is 6.98. The average Bonchev–Trinajstić information content (AvgIpc) is 3.25. The number of carbonyl (C=O) groups is 2. The molecule has 25 heavy (non-hydrogen) atoms. The summed E-state index contributed by atoms with van der Waals surface area (Å²) in [6, 6.07) is 4.62. The number of carboxylic acids is 1. The van der Waals surface area contributed by atoms with E-state index in [1.165, 1.54) is 24.3 Å². The fourth-order valence-corrected chi connectivity index (χ4v) is 5.25. The van der Waals surface area contributed by atoms with Crippen LogP contribution in [0.25, 0.3) is 0 Å². The molecule has 6 nitrogen and oxygen atoms in total. The lowest BCUT2D eigenvalue weighted by molar-refractivity contribution is -0.137. The number of amides is 1. The van der Waals surface area contributed by atoms with Gasteiger partial charge in [-0.15, -0.1) is 0 Å². The van der Waals surface area contributed by atoms with Crippen molar-refractivity contribution in [1.29, 1.82) is 0 Å². The number of nitrogens with one attached hydrogen (secondary N) is 1. The van der Waals surface area contributed by atoms with E-state index in [0.717, 1.165) is 0 Å². The zero-order chi connectivity index (χ0) is 18.2. The van der Waals surface area contributed by atoms with Crippen molar-refractivity contribution in [3.05, 3.63) is 35.6 Å². The van der Waals surface area contributed by atoms with Crippen LogP contribution in [-0.2, 0) is 19.4 Å². The first-order valence-electron chi connectivity index (χ1n) is 8.19. The summed E-state index contributed by atoms with van der Waals surface area (Å²) >= 11 is 0. The Hall–Kier alpha value is -1.96. The number of halogens is 1. The largest absolute Gasteiger partial charge is 0.481 e. The first-order valence-corrected chi connectivity index (χ1v) is 10.0. The van der Waals surface area contributed by atoms with Crippen molar-refractivity contribution in [2.24, 2.45) is 11.3 Å². The minimum atomic E-state index is -2.99.